The van der Waals surface area contributed by atoms with Crippen molar-refractivity contribution in [2.24, 2.45) is 5.92 Å². The number of hydrogen-bond acceptors (Lipinski definition) is 3. The third-order valence-corrected chi connectivity index (χ3v) is 4.10. The minimum atomic E-state index is -0.233. The Balaban J connectivity index is 1.80. The molecular weight excluding hydrogens is 297 g/mol. The highest BCUT2D eigenvalue weighted by Crippen LogP contribution is 2.19. The average Bonchev–Trinajstić information content (AvgIpc) is 2.55. The average molecular weight is 321 g/mol. The summed E-state index contributed by atoms with van der Waals surface area (Å²) in [5, 5.41) is 5.35. The molecule has 2 rings (SSSR count). The molecule has 0 spiro atoms. The van der Waals surface area contributed by atoms with E-state index in [1.54, 1.807) is 13.1 Å². The van der Waals surface area contributed by atoms with Gasteiger partial charge in [0.05, 0.1) is 5.92 Å². The van der Waals surface area contributed by atoms with Crippen molar-refractivity contribution in [1.29, 1.82) is 0 Å². The van der Waals surface area contributed by atoms with E-state index in [1.165, 1.54) is 12.1 Å². The fraction of sp³-hybridized carbons (Fsp3) is 0.529. The molecule has 0 radical (unpaired) electrons. The van der Waals surface area contributed by atoms with Crippen molar-refractivity contribution in [3.8, 4) is 0 Å². The Morgan fingerprint density at radius 3 is 2.96 bits per heavy atom. The highest BCUT2D eigenvalue weighted by Gasteiger charge is 2.25. The third kappa shape index (κ3) is 5.63. The van der Waals surface area contributed by atoms with Crippen LogP contribution in [0.3, 0.4) is 0 Å². The lowest BCUT2D eigenvalue weighted by molar-refractivity contribution is -0.127. The Bertz CT molecular complexity index is 550. The first-order chi connectivity index (χ1) is 11.1. The van der Waals surface area contributed by atoms with Crippen molar-refractivity contribution in [3.05, 3.63) is 35.6 Å². The maximum atomic E-state index is 13.2. The molecule has 0 aromatic heterocycles. The zero-order valence-electron chi connectivity index (χ0n) is 13.5. The van der Waals surface area contributed by atoms with Crippen LogP contribution < -0.4 is 10.6 Å². The number of carbonyl (C=O) groups is 2. The predicted octanol–water partition coefficient (Wildman–Crippen LogP) is 1.29. The second-order valence-corrected chi connectivity index (χ2v) is 5.92. The first-order valence-corrected chi connectivity index (χ1v) is 8.03. The van der Waals surface area contributed by atoms with Gasteiger partial charge in [-0.2, -0.15) is 0 Å². The van der Waals surface area contributed by atoms with Crippen LogP contribution in [0.4, 0.5) is 4.39 Å². The minimum absolute atomic E-state index is 0.00200. The summed E-state index contributed by atoms with van der Waals surface area (Å²) in [6, 6.07) is 6.57. The molecule has 0 saturated carbocycles. The fourth-order valence-corrected chi connectivity index (χ4v) is 2.88. The number of rotatable bonds is 6. The van der Waals surface area contributed by atoms with Crippen LogP contribution in [0.15, 0.2) is 24.3 Å². The summed E-state index contributed by atoms with van der Waals surface area (Å²) >= 11 is 0. The summed E-state index contributed by atoms with van der Waals surface area (Å²) in [4.78, 5) is 25.5. The van der Waals surface area contributed by atoms with E-state index in [4.69, 9.17) is 0 Å². The van der Waals surface area contributed by atoms with Crippen molar-refractivity contribution >= 4 is 11.8 Å². The van der Waals surface area contributed by atoms with E-state index in [0.29, 0.717) is 26.1 Å². The van der Waals surface area contributed by atoms with Crippen LogP contribution in [-0.4, -0.2) is 43.4 Å². The summed E-state index contributed by atoms with van der Waals surface area (Å²) in [6.45, 7) is 2.60. The summed E-state index contributed by atoms with van der Waals surface area (Å²) < 4.78 is 13.2. The van der Waals surface area contributed by atoms with E-state index >= 15 is 0 Å². The number of carbonyl (C=O) groups excluding carboxylic acids is 2. The van der Waals surface area contributed by atoms with Crippen molar-refractivity contribution in [1.82, 2.24) is 15.5 Å². The van der Waals surface area contributed by atoms with Gasteiger partial charge in [0.25, 0.3) is 0 Å². The quantitative estimate of drug-likeness (QED) is 0.830. The molecule has 1 fully saturated rings. The van der Waals surface area contributed by atoms with Gasteiger partial charge in [-0.15, -0.1) is 0 Å². The SMILES string of the molecule is CNC(=O)CCNC(=O)C1CCCN(Cc2cccc(F)c2)C1. The molecule has 1 heterocycles. The highest BCUT2D eigenvalue weighted by molar-refractivity contribution is 5.80. The Labute approximate surface area is 136 Å². The van der Waals surface area contributed by atoms with Gasteiger partial charge in [-0.05, 0) is 37.1 Å². The molecule has 5 nitrogen and oxygen atoms in total. The molecular formula is C17H24FN3O2. The van der Waals surface area contributed by atoms with Gasteiger partial charge < -0.3 is 10.6 Å². The first-order valence-electron chi connectivity index (χ1n) is 8.03. The van der Waals surface area contributed by atoms with Gasteiger partial charge in [0.1, 0.15) is 5.82 Å². The van der Waals surface area contributed by atoms with Crippen molar-refractivity contribution < 1.29 is 14.0 Å². The molecule has 1 atom stereocenters. The number of likely N-dealkylation sites (tertiary alicyclic amines) is 1. The second kappa shape index (κ2) is 8.62. The molecule has 1 aromatic carbocycles. The van der Waals surface area contributed by atoms with Crippen LogP contribution in [0, 0.1) is 11.7 Å². The number of halogens is 1. The minimum Gasteiger partial charge on any atom is -0.359 e. The van der Waals surface area contributed by atoms with Crippen molar-refractivity contribution in [3.63, 3.8) is 0 Å². The van der Waals surface area contributed by atoms with Gasteiger partial charge in [-0.3, -0.25) is 14.5 Å². The Morgan fingerprint density at radius 1 is 1.39 bits per heavy atom. The maximum absolute atomic E-state index is 13.2. The van der Waals surface area contributed by atoms with Gasteiger partial charge in [-0.1, -0.05) is 12.1 Å². The van der Waals surface area contributed by atoms with E-state index in [9.17, 15) is 14.0 Å². The van der Waals surface area contributed by atoms with E-state index in [2.05, 4.69) is 15.5 Å². The van der Waals surface area contributed by atoms with Gasteiger partial charge in [-0.25, -0.2) is 4.39 Å². The van der Waals surface area contributed by atoms with Gasteiger partial charge in [0.15, 0.2) is 0 Å². The fourth-order valence-electron chi connectivity index (χ4n) is 2.88. The van der Waals surface area contributed by atoms with Crippen molar-refractivity contribution in [2.45, 2.75) is 25.8 Å². The molecule has 1 aliphatic rings. The van der Waals surface area contributed by atoms with Crippen LogP contribution in [-0.2, 0) is 16.1 Å². The summed E-state index contributed by atoms with van der Waals surface area (Å²) in [5.74, 6) is -0.385. The van der Waals surface area contributed by atoms with E-state index in [-0.39, 0.29) is 23.5 Å². The Morgan fingerprint density at radius 2 is 2.22 bits per heavy atom. The van der Waals surface area contributed by atoms with Gasteiger partial charge in [0.2, 0.25) is 11.8 Å². The standard InChI is InChI=1S/C17H24FN3O2/c1-19-16(22)7-8-20-17(23)14-5-3-9-21(12-14)11-13-4-2-6-15(18)10-13/h2,4,6,10,14H,3,5,7-9,11-12H2,1H3,(H,19,22)(H,20,23). The molecule has 126 valence electrons. The normalized spacial score (nSPS) is 18.4. The van der Waals surface area contributed by atoms with E-state index < -0.39 is 0 Å². The molecule has 2 N–H and O–H groups in total. The highest BCUT2D eigenvalue weighted by atomic mass is 19.1. The maximum Gasteiger partial charge on any atom is 0.224 e. The Kier molecular flexibility index (Phi) is 6.52. The van der Waals surface area contributed by atoms with Crippen molar-refractivity contribution in [2.75, 3.05) is 26.7 Å². The Hall–Kier alpha value is -1.95. The molecule has 0 bridgehead atoms. The molecule has 1 unspecified atom stereocenters. The summed E-state index contributed by atoms with van der Waals surface area (Å²) in [6.07, 6.45) is 2.09. The number of hydrogen-bond donors (Lipinski definition) is 2. The third-order valence-electron chi connectivity index (χ3n) is 4.10. The number of amides is 2. The van der Waals surface area contributed by atoms with E-state index in [1.807, 2.05) is 6.07 Å². The zero-order valence-corrected chi connectivity index (χ0v) is 13.5. The smallest absolute Gasteiger partial charge is 0.224 e. The molecule has 0 aliphatic carbocycles. The molecule has 23 heavy (non-hydrogen) atoms. The monoisotopic (exact) mass is 321 g/mol. The molecule has 2 amide bonds. The lowest BCUT2D eigenvalue weighted by Crippen LogP contribution is -2.43. The summed E-state index contributed by atoms with van der Waals surface area (Å²) in [5.41, 5.74) is 0.922. The lowest BCUT2D eigenvalue weighted by Gasteiger charge is -2.32. The number of benzene rings is 1. The van der Waals surface area contributed by atoms with Crippen LogP contribution in [0.2, 0.25) is 0 Å². The number of piperidine rings is 1. The second-order valence-electron chi connectivity index (χ2n) is 5.92. The van der Waals surface area contributed by atoms with Crippen LogP contribution >= 0.6 is 0 Å². The first kappa shape index (κ1) is 17.4. The van der Waals surface area contributed by atoms with Gasteiger partial charge >= 0.3 is 0 Å². The zero-order chi connectivity index (χ0) is 16.7. The number of nitrogens with zero attached hydrogens (tertiary/aromatic N) is 1. The molecule has 1 aliphatic heterocycles. The van der Waals surface area contributed by atoms with Crippen LogP contribution in [0.5, 0.6) is 0 Å². The van der Waals surface area contributed by atoms with Gasteiger partial charge in [0, 0.05) is 33.1 Å². The van der Waals surface area contributed by atoms with Crippen LogP contribution in [0.25, 0.3) is 0 Å². The molecule has 1 saturated heterocycles. The largest absolute Gasteiger partial charge is 0.359 e. The topological polar surface area (TPSA) is 61.4 Å². The summed E-state index contributed by atoms with van der Waals surface area (Å²) in [7, 11) is 1.58. The van der Waals surface area contributed by atoms with Crippen LogP contribution in [0.1, 0.15) is 24.8 Å². The molecule has 1 aromatic rings. The molecule has 6 heteroatoms. The predicted molar refractivity (Wildman–Crippen MR) is 86.1 cm³/mol. The lowest BCUT2D eigenvalue weighted by atomic mass is 9.96. The number of nitrogens with one attached hydrogen (secondary N) is 2. The van der Waals surface area contributed by atoms with E-state index in [0.717, 1.165) is 24.9 Å².